The molecule has 2 N–H and O–H groups in total. The average Bonchev–Trinajstić information content (AvgIpc) is 3.18. The second kappa shape index (κ2) is 10.7. The number of nitrogens with zero attached hydrogens (tertiary/aromatic N) is 3. The molecule has 0 aromatic heterocycles. The highest BCUT2D eigenvalue weighted by Crippen LogP contribution is 2.18. The Hall–Kier alpha value is -2.24. The van der Waals surface area contributed by atoms with Crippen molar-refractivity contribution < 1.29 is 4.79 Å². The molecular weight excluding hydrogens is 326 g/mol. The van der Waals surface area contributed by atoms with E-state index in [2.05, 4.69) is 58.6 Å². The van der Waals surface area contributed by atoms with Gasteiger partial charge in [-0.3, -0.25) is 4.79 Å². The number of nitrogens with one attached hydrogen (secondary N) is 2. The van der Waals surface area contributed by atoms with Crippen LogP contribution < -0.4 is 15.5 Å². The Morgan fingerprint density at radius 3 is 2.58 bits per heavy atom. The third-order valence-corrected chi connectivity index (χ3v) is 4.69. The van der Waals surface area contributed by atoms with Gasteiger partial charge in [0.1, 0.15) is 6.54 Å². The number of likely N-dealkylation sites (N-methyl/N-ethyl adjacent to an activating group) is 1. The number of amides is 1. The van der Waals surface area contributed by atoms with E-state index < -0.39 is 0 Å². The molecule has 6 heteroatoms. The number of benzene rings is 1. The van der Waals surface area contributed by atoms with Crippen LogP contribution in [0.3, 0.4) is 0 Å². The quantitative estimate of drug-likeness (QED) is 0.551. The molecule has 1 amide bonds. The first-order chi connectivity index (χ1) is 12.7. The Kier molecular flexibility index (Phi) is 8.25. The molecule has 1 aromatic carbocycles. The highest BCUT2D eigenvalue weighted by molar-refractivity contribution is 5.85. The predicted molar refractivity (Wildman–Crippen MR) is 109 cm³/mol. The SMILES string of the molecule is CCNC(=NCC(=O)N1CCCC1)NCCN(CC)c1ccccc1C. The summed E-state index contributed by atoms with van der Waals surface area (Å²) in [5.41, 5.74) is 2.55. The van der Waals surface area contributed by atoms with Crippen LogP contribution in [-0.2, 0) is 4.79 Å². The Morgan fingerprint density at radius 2 is 1.92 bits per heavy atom. The highest BCUT2D eigenvalue weighted by Gasteiger charge is 2.17. The molecule has 26 heavy (non-hydrogen) atoms. The fraction of sp³-hybridized carbons (Fsp3) is 0.600. The Morgan fingerprint density at radius 1 is 1.19 bits per heavy atom. The molecule has 1 aliphatic rings. The molecule has 0 bridgehead atoms. The summed E-state index contributed by atoms with van der Waals surface area (Å²) < 4.78 is 0. The molecule has 0 spiro atoms. The highest BCUT2D eigenvalue weighted by atomic mass is 16.2. The van der Waals surface area contributed by atoms with Crippen molar-refractivity contribution in [2.75, 3.05) is 50.7 Å². The first-order valence-corrected chi connectivity index (χ1v) is 9.76. The normalized spacial score (nSPS) is 14.4. The van der Waals surface area contributed by atoms with Crippen molar-refractivity contribution in [1.29, 1.82) is 0 Å². The van der Waals surface area contributed by atoms with Crippen molar-refractivity contribution >= 4 is 17.6 Å². The topological polar surface area (TPSA) is 60.0 Å². The number of guanidine groups is 1. The van der Waals surface area contributed by atoms with Crippen molar-refractivity contribution in [2.45, 2.75) is 33.6 Å². The van der Waals surface area contributed by atoms with Gasteiger partial charge in [-0.2, -0.15) is 0 Å². The summed E-state index contributed by atoms with van der Waals surface area (Å²) in [6, 6.07) is 8.44. The van der Waals surface area contributed by atoms with Gasteiger partial charge < -0.3 is 20.4 Å². The zero-order chi connectivity index (χ0) is 18.8. The van der Waals surface area contributed by atoms with Gasteiger partial charge in [0.05, 0.1) is 0 Å². The van der Waals surface area contributed by atoms with E-state index in [0.717, 1.165) is 52.1 Å². The van der Waals surface area contributed by atoms with Crippen LogP contribution in [0.25, 0.3) is 0 Å². The Labute approximate surface area is 157 Å². The van der Waals surface area contributed by atoms with Gasteiger partial charge in [-0.15, -0.1) is 0 Å². The number of hydrogen-bond donors (Lipinski definition) is 2. The monoisotopic (exact) mass is 359 g/mol. The van der Waals surface area contributed by atoms with Crippen LogP contribution in [-0.4, -0.2) is 62.6 Å². The van der Waals surface area contributed by atoms with Crippen molar-refractivity contribution in [2.24, 2.45) is 4.99 Å². The minimum atomic E-state index is 0.120. The number of para-hydroxylation sites is 1. The zero-order valence-electron chi connectivity index (χ0n) is 16.4. The fourth-order valence-electron chi connectivity index (χ4n) is 3.23. The van der Waals surface area contributed by atoms with Crippen LogP contribution in [0.1, 0.15) is 32.3 Å². The summed E-state index contributed by atoms with van der Waals surface area (Å²) in [6.45, 7) is 11.7. The van der Waals surface area contributed by atoms with Gasteiger partial charge in [0.15, 0.2) is 5.96 Å². The van der Waals surface area contributed by atoms with Gasteiger partial charge in [0, 0.05) is 45.0 Å². The van der Waals surface area contributed by atoms with E-state index in [9.17, 15) is 4.79 Å². The minimum Gasteiger partial charge on any atom is -0.370 e. The summed E-state index contributed by atoms with van der Waals surface area (Å²) in [7, 11) is 0. The van der Waals surface area contributed by atoms with Gasteiger partial charge in [-0.05, 0) is 45.2 Å². The van der Waals surface area contributed by atoms with Crippen molar-refractivity contribution in [3.63, 3.8) is 0 Å². The van der Waals surface area contributed by atoms with E-state index in [4.69, 9.17) is 0 Å². The molecule has 1 fully saturated rings. The molecule has 0 unspecified atom stereocenters. The molecule has 0 saturated carbocycles. The second-order valence-corrected chi connectivity index (χ2v) is 6.58. The maximum Gasteiger partial charge on any atom is 0.244 e. The lowest BCUT2D eigenvalue weighted by atomic mass is 10.2. The number of aryl methyl sites for hydroxylation is 1. The molecule has 0 radical (unpaired) electrons. The number of carbonyl (C=O) groups is 1. The molecule has 6 nitrogen and oxygen atoms in total. The molecule has 1 saturated heterocycles. The predicted octanol–water partition coefficient (Wildman–Crippen LogP) is 2.00. The standard InChI is InChI=1S/C20H33N5O/c1-4-21-20(23-16-19(26)25-13-8-9-14-25)22-12-15-24(5-2)18-11-7-6-10-17(18)3/h6-7,10-11H,4-5,8-9,12-16H2,1-3H3,(H2,21,22,23). The minimum absolute atomic E-state index is 0.120. The molecule has 1 aliphatic heterocycles. The maximum absolute atomic E-state index is 12.2. The first-order valence-electron chi connectivity index (χ1n) is 9.76. The molecule has 0 aliphatic carbocycles. The smallest absolute Gasteiger partial charge is 0.244 e. The molecule has 1 heterocycles. The number of carbonyl (C=O) groups excluding carboxylic acids is 1. The summed E-state index contributed by atoms with van der Waals surface area (Å²) in [4.78, 5) is 20.9. The van der Waals surface area contributed by atoms with Gasteiger partial charge >= 0.3 is 0 Å². The summed E-state index contributed by atoms with van der Waals surface area (Å²) in [6.07, 6.45) is 2.22. The number of anilines is 1. The van der Waals surface area contributed by atoms with E-state index in [0.29, 0.717) is 5.96 Å². The number of rotatable bonds is 8. The molecule has 144 valence electrons. The van der Waals surface area contributed by atoms with E-state index in [1.165, 1.54) is 11.3 Å². The average molecular weight is 360 g/mol. The zero-order valence-corrected chi connectivity index (χ0v) is 16.4. The fourth-order valence-corrected chi connectivity index (χ4v) is 3.23. The lowest BCUT2D eigenvalue weighted by Gasteiger charge is -2.25. The number of hydrogen-bond acceptors (Lipinski definition) is 3. The molecular formula is C20H33N5O. The van der Waals surface area contributed by atoms with Crippen LogP contribution in [0.2, 0.25) is 0 Å². The van der Waals surface area contributed by atoms with Gasteiger partial charge in [-0.25, -0.2) is 4.99 Å². The van der Waals surface area contributed by atoms with Crippen LogP contribution in [0, 0.1) is 6.92 Å². The van der Waals surface area contributed by atoms with E-state index in [1.54, 1.807) is 0 Å². The van der Waals surface area contributed by atoms with Gasteiger partial charge in [0.2, 0.25) is 5.91 Å². The summed E-state index contributed by atoms with van der Waals surface area (Å²) in [5.74, 6) is 0.829. The second-order valence-electron chi connectivity index (χ2n) is 6.58. The first kappa shape index (κ1) is 20.1. The molecule has 0 atom stereocenters. The summed E-state index contributed by atoms with van der Waals surface area (Å²) >= 11 is 0. The van der Waals surface area contributed by atoms with Crippen molar-refractivity contribution in [3.05, 3.63) is 29.8 Å². The summed E-state index contributed by atoms with van der Waals surface area (Å²) in [5, 5.41) is 6.57. The number of likely N-dealkylation sites (tertiary alicyclic amines) is 1. The Balaban J connectivity index is 1.85. The molecule has 2 rings (SSSR count). The van der Waals surface area contributed by atoms with Crippen molar-refractivity contribution in [1.82, 2.24) is 15.5 Å². The van der Waals surface area contributed by atoms with Crippen LogP contribution in [0.4, 0.5) is 5.69 Å². The lowest BCUT2D eigenvalue weighted by Crippen LogP contribution is -2.42. The van der Waals surface area contributed by atoms with Crippen molar-refractivity contribution in [3.8, 4) is 0 Å². The van der Waals surface area contributed by atoms with Crippen LogP contribution in [0.5, 0.6) is 0 Å². The third kappa shape index (κ3) is 5.93. The number of aliphatic imine (C=N–C) groups is 1. The van der Waals surface area contributed by atoms with Crippen LogP contribution >= 0.6 is 0 Å². The maximum atomic E-state index is 12.2. The van der Waals surface area contributed by atoms with Gasteiger partial charge in [-0.1, -0.05) is 18.2 Å². The van der Waals surface area contributed by atoms with E-state index >= 15 is 0 Å². The van der Waals surface area contributed by atoms with E-state index in [-0.39, 0.29) is 12.5 Å². The van der Waals surface area contributed by atoms with E-state index in [1.807, 2.05) is 11.8 Å². The molecule has 1 aromatic rings. The van der Waals surface area contributed by atoms with Gasteiger partial charge in [0.25, 0.3) is 0 Å². The van der Waals surface area contributed by atoms with Crippen LogP contribution in [0.15, 0.2) is 29.3 Å². The largest absolute Gasteiger partial charge is 0.370 e. The third-order valence-electron chi connectivity index (χ3n) is 4.69. The lowest BCUT2D eigenvalue weighted by molar-refractivity contribution is -0.128. The Bertz CT molecular complexity index is 596.